The summed E-state index contributed by atoms with van der Waals surface area (Å²) in [6.45, 7) is 5.50. The van der Waals surface area contributed by atoms with Crippen LogP contribution in [0, 0.1) is 62.1 Å². The number of hydrogen-bond donors (Lipinski definition) is 0. The van der Waals surface area contributed by atoms with E-state index in [4.69, 9.17) is 4.74 Å². The molecule has 132 valence electrons. The van der Waals surface area contributed by atoms with Gasteiger partial charge in [-0.25, -0.2) is 0 Å². The molecule has 0 bridgehead atoms. The molecule has 2 aliphatic carbocycles. The van der Waals surface area contributed by atoms with Crippen LogP contribution in [-0.4, -0.2) is 52.7 Å². The maximum atomic E-state index is 5.82. The Morgan fingerprint density at radius 3 is 2.29 bits per heavy atom. The van der Waals surface area contributed by atoms with E-state index in [1.807, 2.05) is 32.1 Å². The first kappa shape index (κ1) is 23.0. The van der Waals surface area contributed by atoms with Crippen molar-refractivity contribution in [1.82, 2.24) is 4.90 Å². The predicted molar refractivity (Wildman–Crippen MR) is 98.2 cm³/mol. The fourth-order valence-electron chi connectivity index (χ4n) is 2.78. The Morgan fingerprint density at radius 2 is 1.75 bits per heavy atom. The molecule has 1 aliphatic heterocycles. The van der Waals surface area contributed by atoms with Gasteiger partial charge in [0.1, 0.15) is 0 Å². The summed E-state index contributed by atoms with van der Waals surface area (Å²) < 4.78 is 5.82. The van der Waals surface area contributed by atoms with Crippen LogP contribution in [0.25, 0.3) is 0 Å². The quantitative estimate of drug-likeness (QED) is 0.616. The molecule has 3 atom stereocenters. The summed E-state index contributed by atoms with van der Waals surface area (Å²) >= 11 is 0.556. The number of rotatable bonds is 5. The molecular formula is C20H29FeNOSe+2. The van der Waals surface area contributed by atoms with Gasteiger partial charge in [0.15, 0.2) is 0 Å². The summed E-state index contributed by atoms with van der Waals surface area (Å²) in [5.41, 5.74) is 0. The van der Waals surface area contributed by atoms with Crippen LogP contribution in [-0.2, 0) is 21.8 Å². The molecule has 10 radical (unpaired) electrons. The van der Waals surface area contributed by atoms with Gasteiger partial charge < -0.3 is 0 Å². The number of nitrogens with zero attached hydrogens (tertiary/aromatic N) is 1. The van der Waals surface area contributed by atoms with E-state index in [1.165, 1.54) is 12.3 Å². The van der Waals surface area contributed by atoms with Crippen molar-refractivity contribution in [1.29, 1.82) is 0 Å². The topological polar surface area (TPSA) is 12.5 Å². The van der Waals surface area contributed by atoms with Crippen molar-refractivity contribution >= 4 is 15.0 Å². The molecule has 0 aromatic carbocycles. The predicted octanol–water partition coefficient (Wildman–Crippen LogP) is 3.38. The number of ether oxygens (including phenoxy) is 1. The zero-order chi connectivity index (χ0) is 16.7. The smallest absolute Gasteiger partial charge is 0.0312 e. The SMILES string of the molecule is CCC1OCC[C@H]1[Se][C]1[CH][CH][CH][C]1[C@@H](C)N(C)C.[CH]1[CH][CH][CH][CH]1.[Fe+2]. The molecule has 1 unspecified atom stereocenters. The Labute approximate surface area is 167 Å². The van der Waals surface area contributed by atoms with Gasteiger partial charge in [-0.05, 0) is 32.1 Å². The van der Waals surface area contributed by atoms with Crippen LogP contribution in [0.4, 0.5) is 0 Å². The Balaban J connectivity index is 0.000000412. The van der Waals surface area contributed by atoms with Crippen molar-refractivity contribution in [3.8, 4) is 0 Å². The first-order valence-corrected chi connectivity index (χ1v) is 10.3. The molecule has 0 spiro atoms. The second-order valence-electron chi connectivity index (χ2n) is 6.21. The van der Waals surface area contributed by atoms with E-state index in [2.05, 4.69) is 52.1 Å². The second-order valence-corrected chi connectivity index (χ2v) is 8.90. The minimum atomic E-state index is 0. The van der Waals surface area contributed by atoms with Crippen molar-refractivity contribution in [3.05, 3.63) is 62.1 Å². The first-order chi connectivity index (χ1) is 11.1. The molecule has 0 aromatic rings. The van der Waals surface area contributed by atoms with Gasteiger partial charge >= 0.3 is 136 Å². The third-order valence-electron chi connectivity index (χ3n) is 4.42. The van der Waals surface area contributed by atoms with E-state index in [1.54, 1.807) is 4.82 Å². The first-order valence-electron chi connectivity index (χ1n) is 8.50. The van der Waals surface area contributed by atoms with Gasteiger partial charge in [-0.2, -0.15) is 0 Å². The number of hydrogen-bond acceptors (Lipinski definition) is 2. The van der Waals surface area contributed by atoms with E-state index in [9.17, 15) is 0 Å². The second kappa shape index (κ2) is 12.4. The molecule has 3 rings (SSSR count). The average Bonchev–Trinajstić information content (AvgIpc) is 3.30. The molecule has 3 fully saturated rings. The monoisotopic (exact) mass is 435 g/mol. The summed E-state index contributed by atoms with van der Waals surface area (Å²) in [5, 5.41) is 0. The van der Waals surface area contributed by atoms with Gasteiger partial charge in [-0.1, -0.05) is 0 Å². The van der Waals surface area contributed by atoms with Gasteiger partial charge in [0.25, 0.3) is 0 Å². The molecule has 2 nitrogen and oxygen atoms in total. The van der Waals surface area contributed by atoms with Crippen LogP contribution in [0.3, 0.4) is 0 Å². The maximum Gasteiger partial charge on any atom is 2.00 e. The van der Waals surface area contributed by atoms with Crippen LogP contribution in [0.1, 0.15) is 26.7 Å². The molecule has 0 amide bonds. The van der Waals surface area contributed by atoms with Gasteiger partial charge in [0.2, 0.25) is 0 Å². The van der Waals surface area contributed by atoms with Crippen LogP contribution in [0.15, 0.2) is 0 Å². The molecule has 3 aliphatic rings. The van der Waals surface area contributed by atoms with E-state index in [0.29, 0.717) is 27.1 Å². The van der Waals surface area contributed by atoms with Gasteiger partial charge in [0.05, 0.1) is 0 Å². The molecule has 24 heavy (non-hydrogen) atoms. The van der Waals surface area contributed by atoms with Gasteiger partial charge in [0, 0.05) is 0 Å². The third-order valence-corrected chi connectivity index (χ3v) is 7.50. The fraction of sp³-hybridized carbons (Fsp3) is 0.500. The van der Waals surface area contributed by atoms with Crippen LogP contribution in [0.5, 0.6) is 0 Å². The molecular weight excluding hydrogens is 405 g/mol. The van der Waals surface area contributed by atoms with Crippen LogP contribution < -0.4 is 0 Å². The molecule has 1 heterocycles. The summed E-state index contributed by atoms with van der Waals surface area (Å²) in [6, 6.07) is 0.513. The van der Waals surface area contributed by atoms with Gasteiger partial charge in [-0.15, -0.1) is 0 Å². The van der Waals surface area contributed by atoms with E-state index in [-0.39, 0.29) is 17.1 Å². The largest absolute Gasteiger partial charge is 2.00 e. The fourth-order valence-corrected chi connectivity index (χ4v) is 5.91. The normalized spacial score (nSPS) is 29.4. The minimum Gasteiger partial charge on any atom is -0.0312 e. The Kier molecular flexibility index (Phi) is 11.8. The Bertz CT molecular complexity index is 317. The average molecular weight is 434 g/mol. The standard InChI is InChI=1S/C15H24NOSe.C5H5.Fe/c1-5-13-15(9-10-17-13)18-14-8-6-7-12(14)11(2)16(3)4;1-2-4-5-3-1;/h6-8,11,13,15H,5,9-10H2,1-4H3;1-5H;/q;;+2/t11-,13?,15-;;/m1../s1. The van der Waals surface area contributed by atoms with E-state index >= 15 is 0 Å². The van der Waals surface area contributed by atoms with Crippen molar-refractivity contribution in [2.75, 3.05) is 20.7 Å². The summed E-state index contributed by atoms with van der Waals surface area (Å²) in [6.07, 6.45) is 19.7. The summed E-state index contributed by atoms with van der Waals surface area (Å²) in [4.78, 5) is 4.65. The third kappa shape index (κ3) is 6.93. The summed E-state index contributed by atoms with van der Waals surface area (Å²) in [5.74, 6) is 1.52. The molecule has 2 saturated carbocycles. The molecule has 1 saturated heterocycles. The molecule has 0 aromatic heterocycles. The Morgan fingerprint density at radius 1 is 1.12 bits per heavy atom. The van der Waals surface area contributed by atoms with Crippen LogP contribution >= 0.6 is 0 Å². The Hall–Kier alpha value is 0.959. The summed E-state index contributed by atoms with van der Waals surface area (Å²) in [7, 11) is 4.31. The zero-order valence-electron chi connectivity index (χ0n) is 15.1. The van der Waals surface area contributed by atoms with Crippen molar-refractivity contribution in [3.63, 3.8) is 0 Å². The molecule has 0 N–H and O–H groups in total. The van der Waals surface area contributed by atoms with Crippen molar-refractivity contribution in [2.45, 2.75) is 43.7 Å². The molecule has 4 heteroatoms. The van der Waals surface area contributed by atoms with Crippen LogP contribution in [0.2, 0.25) is 4.82 Å². The van der Waals surface area contributed by atoms with E-state index < -0.39 is 0 Å². The zero-order valence-corrected chi connectivity index (χ0v) is 17.9. The minimum absolute atomic E-state index is 0. The van der Waals surface area contributed by atoms with Crippen molar-refractivity contribution < 1.29 is 21.8 Å². The van der Waals surface area contributed by atoms with Crippen molar-refractivity contribution in [2.24, 2.45) is 0 Å². The van der Waals surface area contributed by atoms with Gasteiger partial charge in [-0.3, -0.25) is 0 Å². The maximum absolute atomic E-state index is 5.82. The van der Waals surface area contributed by atoms with E-state index in [0.717, 1.165) is 17.8 Å².